The van der Waals surface area contributed by atoms with Crippen molar-refractivity contribution in [2.24, 2.45) is 0 Å². The summed E-state index contributed by atoms with van der Waals surface area (Å²) < 4.78 is 49.0. The van der Waals surface area contributed by atoms with Gasteiger partial charge in [-0.05, 0) is 44.5 Å². The van der Waals surface area contributed by atoms with Crippen LogP contribution < -0.4 is 0 Å². The van der Waals surface area contributed by atoms with Gasteiger partial charge >= 0.3 is 6.18 Å². The third-order valence-electron chi connectivity index (χ3n) is 5.91. The maximum atomic E-state index is 12.7. The van der Waals surface area contributed by atoms with Crippen molar-refractivity contribution in [3.05, 3.63) is 35.7 Å². The number of nitrogens with zero attached hydrogens (tertiary/aromatic N) is 4. The van der Waals surface area contributed by atoms with Crippen molar-refractivity contribution in [3.63, 3.8) is 0 Å². The number of likely N-dealkylation sites (tertiary alicyclic amines) is 1. The normalized spacial score (nSPS) is 21.1. The van der Waals surface area contributed by atoms with Crippen LogP contribution in [0.3, 0.4) is 0 Å². The Bertz CT molecular complexity index is 810. The summed E-state index contributed by atoms with van der Waals surface area (Å²) in [5.41, 5.74) is -0.174. The zero-order chi connectivity index (χ0) is 21.0. The number of morpholine rings is 1. The molecule has 0 aliphatic carbocycles. The number of ether oxygens (including phenoxy) is 1. The summed E-state index contributed by atoms with van der Waals surface area (Å²) in [7, 11) is 0. The summed E-state index contributed by atoms with van der Waals surface area (Å²) in [5, 5.41) is 3.97. The Balaban J connectivity index is 0.00000272. The Morgan fingerprint density at radius 3 is 2.48 bits per heavy atom. The van der Waals surface area contributed by atoms with Gasteiger partial charge in [0.2, 0.25) is 11.7 Å². The maximum absolute atomic E-state index is 12.7. The smallest absolute Gasteiger partial charge is 0.379 e. The molecule has 4 rings (SSSR count). The molecule has 2 aliphatic heterocycles. The molecule has 0 amide bonds. The summed E-state index contributed by atoms with van der Waals surface area (Å²) in [6.07, 6.45) is 0.272. The molecule has 1 unspecified atom stereocenters. The highest BCUT2D eigenvalue weighted by Gasteiger charge is 2.30. The average Bonchev–Trinajstić information content (AvgIpc) is 3.22. The van der Waals surface area contributed by atoms with Crippen molar-refractivity contribution in [1.29, 1.82) is 0 Å². The van der Waals surface area contributed by atoms with Crippen molar-refractivity contribution in [2.45, 2.75) is 44.4 Å². The summed E-state index contributed by atoms with van der Waals surface area (Å²) in [5.74, 6) is 0.823. The van der Waals surface area contributed by atoms with E-state index in [9.17, 15) is 13.2 Å². The Morgan fingerprint density at radius 1 is 1.03 bits per heavy atom. The van der Waals surface area contributed by atoms with E-state index in [1.165, 1.54) is 18.6 Å². The maximum Gasteiger partial charge on any atom is 0.416 e. The van der Waals surface area contributed by atoms with E-state index in [1.807, 2.05) is 0 Å². The van der Waals surface area contributed by atoms with Crippen LogP contribution in [0, 0.1) is 0 Å². The minimum absolute atomic E-state index is 0. The van der Waals surface area contributed by atoms with E-state index in [0.29, 0.717) is 29.9 Å². The summed E-state index contributed by atoms with van der Waals surface area (Å²) in [4.78, 5) is 9.27. The zero-order valence-electron chi connectivity index (χ0n) is 17.3. The zero-order valence-corrected chi connectivity index (χ0v) is 18.1. The predicted molar refractivity (Wildman–Crippen MR) is 112 cm³/mol. The van der Waals surface area contributed by atoms with E-state index in [-0.39, 0.29) is 12.4 Å². The van der Waals surface area contributed by atoms with Crippen LogP contribution in [-0.4, -0.2) is 65.4 Å². The Hall–Kier alpha value is -1.68. The molecule has 3 heterocycles. The highest BCUT2D eigenvalue weighted by Crippen LogP contribution is 2.30. The number of aromatic nitrogens is 2. The first-order valence-corrected chi connectivity index (χ1v) is 10.5. The predicted octanol–water partition coefficient (Wildman–Crippen LogP) is 4.25. The lowest BCUT2D eigenvalue weighted by molar-refractivity contribution is -0.137. The van der Waals surface area contributed by atoms with Gasteiger partial charge in [-0.15, -0.1) is 12.4 Å². The molecular weight excluding hydrogens is 433 g/mol. The number of benzene rings is 1. The summed E-state index contributed by atoms with van der Waals surface area (Å²) >= 11 is 0. The molecule has 0 spiro atoms. The molecule has 2 saturated heterocycles. The van der Waals surface area contributed by atoms with E-state index in [2.05, 4.69) is 19.9 Å². The lowest BCUT2D eigenvalue weighted by Gasteiger charge is -2.36. The number of halogens is 4. The molecule has 31 heavy (non-hydrogen) atoms. The lowest BCUT2D eigenvalue weighted by atomic mass is 9.99. The van der Waals surface area contributed by atoms with Gasteiger partial charge in [0.05, 0.1) is 25.3 Å². The number of piperidine rings is 1. The van der Waals surface area contributed by atoms with E-state index in [4.69, 9.17) is 9.26 Å². The van der Waals surface area contributed by atoms with Gasteiger partial charge in [0, 0.05) is 24.7 Å². The molecule has 1 atom stereocenters. The van der Waals surface area contributed by atoms with Gasteiger partial charge in [0.1, 0.15) is 0 Å². The van der Waals surface area contributed by atoms with E-state index in [0.717, 1.165) is 70.8 Å². The molecular formula is C21H28ClF3N4O2. The van der Waals surface area contributed by atoms with Crippen molar-refractivity contribution in [3.8, 4) is 11.4 Å². The van der Waals surface area contributed by atoms with Crippen LogP contribution in [0.15, 0.2) is 28.8 Å². The fourth-order valence-corrected chi connectivity index (χ4v) is 4.17. The first-order valence-electron chi connectivity index (χ1n) is 10.5. The second-order valence-electron chi connectivity index (χ2n) is 7.95. The van der Waals surface area contributed by atoms with Gasteiger partial charge in [-0.2, -0.15) is 18.2 Å². The molecule has 0 saturated carbocycles. The number of rotatable bonds is 6. The monoisotopic (exact) mass is 460 g/mol. The fourth-order valence-electron chi connectivity index (χ4n) is 4.17. The number of hydrogen-bond donors (Lipinski definition) is 0. The molecule has 2 aromatic rings. The molecule has 172 valence electrons. The highest BCUT2D eigenvalue weighted by molar-refractivity contribution is 5.85. The van der Waals surface area contributed by atoms with E-state index >= 15 is 0 Å². The Labute approximate surface area is 186 Å². The quantitative estimate of drug-likeness (QED) is 0.642. The first-order chi connectivity index (χ1) is 14.5. The van der Waals surface area contributed by atoms with Crippen molar-refractivity contribution in [1.82, 2.24) is 19.9 Å². The van der Waals surface area contributed by atoms with Crippen LogP contribution in [0.25, 0.3) is 11.4 Å². The topological polar surface area (TPSA) is 54.6 Å². The van der Waals surface area contributed by atoms with Crippen LogP contribution in [0.4, 0.5) is 13.2 Å². The third-order valence-corrected chi connectivity index (χ3v) is 5.91. The van der Waals surface area contributed by atoms with Crippen LogP contribution in [-0.2, 0) is 17.5 Å². The van der Waals surface area contributed by atoms with Gasteiger partial charge in [0.25, 0.3) is 0 Å². The lowest BCUT2D eigenvalue weighted by Crippen LogP contribution is -2.43. The minimum atomic E-state index is -4.36. The standard InChI is InChI=1S/C21H27F3N4O2.ClH/c22-21(23,24)17-6-4-16(5-7-17)20-25-19(30-26-20)15-28-9-2-1-3-18(28)8-10-27-11-13-29-14-12-27;/h4-7,18H,1-3,8-15H2;1H. The van der Waals surface area contributed by atoms with E-state index < -0.39 is 11.7 Å². The van der Waals surface area contributed by atoms with Crippen LogP contribution in [0.5, 0.6) is 0 Å². The fraction of sp³-hybridized carbons (Fsp3) is 0.619. The molecule has 1 aromatic heterocycles. The second kappa shape index (κ2) is 10.8. The largest absolute Gasteiger partial charge is 0.416 e. The van der Waals surface area contributed by atoms with E-state index in [1.54, 1.807) is 0 Å². The molecule has 0 bridgehead atoms. The molecule has 1 aromatic carbocycles. The SMILES string of the molecule is Cl.FC(F)(F)c1ccc(-c2noc(CN3CCCCC3CCN3CCOCC3)n2)cc1. The molecule has 2 fully saturated rings. The Kier molecular flexibility index (Phi) is 8.32. The van der Waals surface area contributed by atoms with Crippen LogP contribution >= 0.6 is 12.4 Å². The number of hydrogen-bond acceptors (Lipinski definition) is 6. The summed E-state index contributed by atoms with van der Waals surface area (Å²) in [6, 6.07) is 5.31. The van der Waals surface area contributed by atoms with Crippen molar-refractivity contribution >= 4 is 12.4 Å². The second-order valence-corrected chi connectivity index (χ2v) is 7.95. The Morgan fingerprint density at radius 2 is 1.77 bits per heavy atom. The van der Waals surface area contributed by atoms with Gasteiger partial charge in [-0.1, -0.05) is 23.7 Å². The summed E-state index contributed by atoms with van der Waals surface area (Å²) in [6.45, 7) is 6.23. The van der Waals surface area contributed by atoms with Crippen molar-refractivity contribution in [2.75, 3.05) is 39.4 Å². The average molecular weight is 461 g/mol. The minimum Gasteiger partial charge on any atom is -0.379 e. The number of alkyl halides is 3. The van der Waals surface area contributed by atoms with Gasteiger partial charge < -0.3 is 9.26 Å². The van der Waals surface area contributed by atoms with Gasteiger partial charge in [-0.3, -0.25) is 9.80 Å². The van der Waals surface area contributed by atoms with Crippen LogP contribution in [0.1, 0.15) is 37.1 Å². The third kappa shape index (κ3) is 6.41. The van der Waals surface area contributed by atoms with Crippen molar-refractivity contribution < 1.29 is 22.4 Å². The highest BCUT2D eigenvalue weighted by atomic mass is 35.5. The van der Waals surface area contributed by atoms with Gasteiger partial charge in [0.15, 0.2) is 0 Å². The first kappa shape index (κ1) is 24.0. The van der Waals surface area contributed by atoms with Crippen LogP contribution in [0.2, 0.25) is 0 Å². The molecule has 0 radical (unpaired) electrons. The molecule has 6 nitrogen and oxygen atoms in total. The molecule has 0 N–H and O–H groups in total. The molecule has 2 aliphatic rings. The molecule has 10 heteroatoms. The van der Waals surface area contributed by atoms with Gasteiger partial charge in [-0.25, -0.2) is 0 Å².